The zero-order chi connectivity index (χ0) is 11.2. The van der Waals surface area contributed by atoms with Crippen LogP contribution in [0.1, 0.15) is 12.0 Å². The van der Waals surface area contributed by atoms with Crippen LogP contribution in [0.3, 0.4) is 0 Å². The van der Waals surface area contributed by atoms with E-state index in [0.717, 1.165) is 22.6 Å². The van der Waals surface area contributed by atoms with E-state index >= 15 is 0 Å². The standard InChI is InChI=1S/C11H11BrN2OS/c12-10-8-16-11(14-10)15-7-1-2-9-3-5-13-6-4-9/h3-6,8H,1-2,7H2. The molecule has 5 heteroatoms. The van der Waals surface area contributed by atoms with Crippen LogP contribution in [-0.4, -0.2) is 16.6 Å². The molecular formula is C11H11BrN2OS. The van der Waals surface area contributed by atoms with Gasteiger partial charge in [-0.25, -0.2) is 0 Å². The van der Waals surface area contributed by atoms with Gasteiger partial charge in [0.1, 0.15) is 4.60 Å². The normalized spacial score (nSPS) is 10.3. The molecule has 0 saturated heterocycles. The van der Waals surface area contributed by atoms with Crippen molar-refractivity contribution in [3.63, 3.8) is 0 Å². The first-order valence-corrected chi connectivity index (χ1v) is 6.64. The van der Waals surface area contributed by atoms with Gasteiger partial charge in [0, 0.05) is 17.8 Å². The Morgan fingerprint density at radius 2 is 2.12 bits per heavy atom. The topological polar surface area (TPSA) is 35.0 Å². The van der Waals surface area contributed by atoms with E-state index in [2.05, 4.69) is 25.9 Å². The van der Waals surface area contributed by atoms with Gasteiger partial charge in [-0.3, -0.25) is 4.98 Å². The summed E-state index contributed by atoms with van der Waals surface area (Å²) in [6, 6.07) is 4.06. The number of hydrogen-bond donors (Lipinski definition) is 0. The van der Waals surface area contributed by atoms with Gasteiger partial charge in [-0.05, 0) is 46.5 Å². The van der Waals surface area contributed by atoms with Crippen molar-refractivity contribution in [1.29, 1.82) is 0 Å². The second-order valence-corrected chi connectivity index (χ2v) is 4.88. The molecule has 0 amide bonds. The van der Waals surface area contributed by atoms with Gasteiger partial charge in [-0.15, -0.1) is 0 Å². The molecule has 0 atom stereocenters. The summed E-state index contributed by atoms with van der Waals surface area (Å²) in [4.78, 5) is 8.14. The lowest BCUT2D eigenvalue weighted by Crippen LogP contribution is -1.99. The van der Waals surface area contributed by atoms with E-state index in [1.165, 1.54) is 16.9 Å². The van der Waals surface area contributed by atoms with Crippen molar-refractivity contribution in [3.8, 4) is 5.19 Å². The molecule has 0 saturated carbocycles. The Hall–Kier alpha value is -0.940. The number of aryl methyl sites for hydroxylation is 1. The lowest BCUT2D eigenvalue weighted by atomic mass is 10.1. The van der Waals surface area contributed by atoms with Gasteiger partial charge >= 0.3 is 0 Å². The fraction of sp³-hybridized carbons (Fsp3) is 0.273. The molecule has 2 heterocycles. The molecule has 0 aliphatic rings. The number of ether oxygens (including phenoxy) is 1. The molecule has 16 heavy (non-hydrogen) atoms. The third-order valence-electron chi connectivity index (χ3n) is 2.04. The van der Waals surface area contributed by atoms with Gasteiger partial charge in [0.2, 0.25) is 0 Å². The van der Waals surface area contributed by atoms with Crippen LogP contribution in [0.4, 0.5) is 0 Å². The summed E-state index contributed by atoms with van der Waals surface area (Å²) in [5.41, 5.74) is 1.29. The Bertz CT molecular complexity index is 433. The summed E-state index contributed by atoms with van der Waals surface area (Å²) >= 11 is 4.80. The number of nitrogens with zero attached hydrogens (tertiary/aromatic N) is 2. The average Bonchev–Trinajstić information content (AvgIpc) is 2.72. The van der Waals surface area contributed by atoms with E-state index in [0.29, 0.717) is 6.61 Å². The minimum atomic E-state index is 0.697. The van der Waals surface area contributed by atoms with E-state index in [1.54, 1.807) is 0 Å². The van der Waals surface area contributed by atoms with E-state index in [4.69, 9.17) is 4.74 Å². The monoisotopic (exact) mass is 298 g/mol. The van der Waals surface area contributed by atoms with Gasteiger partial charge in [0.05, 0.1) is 6.61 Å². The van der Waals surface area contributed by atoms with Crippen LogP contribution in [0.25, 0.3) is 0 Å². The largest absolute Gasteiger partial charge is 0.470 e. The fourth-order valence-corrected chi connectivity index (χ4v) is 2.40. The third kappa shape index (κ3) is 3.57. The molecule has 3 nitrogen and oxygen atoms in total. The first-order valence-electron chi connectivity index (χ1n) is 4.97. The molecular weight excluding hydrogens is 288 g/mol. The maximum atomic E-state index is 5.51. The van der Waals surface area contributed by atoms with Crippen molar-refractivity contribution in [1.82, 2.24) is 9.97 Å². The Morgan fingerprint density at radius 1 is 1.31 bits per heavy atom. The first-order chi connectivity index (χ1) is 7.84. The highest BCUT2D eigenvalue weighted by atomic mass is 79.9. The number of halogens is 1. The minimum Gasteiger partial charge on any atom is -0.470 e. The Morgan fingerprint density at radius 3 is 2.81 bits per heavy atom. The van der Waals surface area contributed by atoms with Crippen LogP contribution in [0.5, 0.6) is 5.19 Å². The van der Waals surface area contributed by atoms with Crippen molar-refractivity contribution in [2.45, 2.75) is 12.8 Å². The molecule has 0 aromatic carbocycles. The number of pyridine rings is 1. The molecule has 2 aromatic rings. The van der Waals surface area contributed by atoms with Gasteiger partial charge in [-0.2, -0.15) is 4.98 Å². The van der Waals surface area contributed by atoms with E-state index in [1.807, 2.05) is 29.9 Å². The predicted molar refractivity (Wildman–Crippen MR) is 67.9 cm³/mol. The lowest BCUT2D eigenvalue weighted by Gasteiger charge is -2.02. The molecule has 0 spiro atoms. The Kier molecular flexibility index (Phi) is 4.30. The van der Waals surface area contributed by atoms with Crippen molar-refractivity contribution in [2.24, 2.45) is 0 Å². The van der Waals surface area contributed by atoms with Crippen molar-refractivity contribution < 1.29 is 4.74 Å². The second kappa shape index (κ2) is 5.96. The third-order valence-corrected chi connectivity index (χ3v) is 3.50. The highest BCUT2D eigenvalue weighted by Gasteiger charge is 1.99. The molecule has 0 aliphatic heterocycles. The SMILES string of the molecule is Brc1csc(OCCCc2ccncc2)n1. The predicted octanol–water partition coefficient (Wildman–Crippen LogP) is 3.31. The van der Waals surface area contributed by atoms with Gasteiger partial charge in [0.25, 0.3) is 5.19 Å². The molecule has 84 valence electrons. The molecule has 0 aliphatic carbocycles. The average molecular weight is 299 g/mol. The summed E-state index contributed by atoms with van der Waals surface area (Å²) in [7, 11) is 0. The van der Waals surface area contributed by atoms with Crippen LogP contribution >= 0.6 is 27.3 Å². The summed E-state index contributed by atoms with van der Waals surface area (Å²) < 4.78 is 6.35. The molecule has 0 bridgehead atoms. The highest BCUT2D eigenvalue weighted by molar-refractivity contribution is 9.10. The summed E-state index contributed by atoms with van der Waals surface area (Å²) in [6.07, 6.45) is 5.62. The number of rotatable bonds is 5. The van der Waals surface area contributed by atoms with Crippen molar-refractivity contribution >= 4 is 27.3 Å². The van der Waals surface area contributed by atoms with Gasteiger partial charge in [0.15, 0.2) is 0 Å². The van der Waals surface area contributed by atoms with E-state index in [9.17, 15) is 0 Å². The van der Waals surface area contributed by atoms with Gasteiger partial charge < -0.3 is 4.74 Å². The highest BCUT2D eigenvalue weighted by Crippen LogP contribution is 2.21. The fourth-order valence-electron chi connectivity index (χ4n) is 1.29. The van der Waals surface area contributed by atoms with E-state index in [-0.39, 0.29) is 0 Å². The van der Waals surface area contributed by atoms with Crippen molar-refractivity contribution in [2.75, 3.05) is 6.61 Å². The first kappa shape index (κ1) is 11.5. The molecule has 2 rings (SSSR count). The van der Waals surface area contributed by atoms with Crippen molar-refractivity contribution in [3.05, 3.63) is 40.1 Å². The minimum absolute atomic E-state index is 0.697. The summed E-state index contributed by atoms with van der Waals surface area (Å²) in [5, 5.41) is 2.64. The molecule has 0 N–H and O–H groups in total. The summed E-state index contributed by atoms with van der Waals surface area (Å²) in [6.45, 7) is 0.697. The zero-order valence-electron chi connectivity index (χ0n) is 8.60. The van der Waals surface area contributed by atoms with Gasteiger partial charge in [-0.1, -0.05) is 11.3 Å². The maximum absolute atomic E-state index is 5.51. The maximum Gasteiger partial charge on any atom is 0.274 e. The summed E-state index contributed by atoms with van der Waals surface area (Å²) in [5.74, 6) is 0. The second-order valence-electron chi connectivity index (χ2n) is 3.24. The molecule has 0 radical (unpaired) electrons. The lowest BCUT2D eigenvalue weighted by molar-refractivity contribution is 0.309. The number of hydrogen-bond acceptors (Lipinski definition) is 4. The smallest absolute Gasteiger partial charge is 0.274 e. The van der Waals surface area contributed by atoms with Crippen LogP contribution in [0.2, 0.25) is 0 Å². The van der Waals surface area contributed by atoms with Crippen LogP contribution in [-0.2, 0) is 6.42 Å². The Balaban J connectivity index is 1.69. The molecule has 2 aromatic heterocycles. The van der Waals surface area contributed by atoms with E-state index < -0.39 is 0 Å². The zero-order valence-corrected chi connectivity index (χ0v) is 11.0. The molecule has 0 unspecified atom stereocenters. The van der Waals surface area contributed by atoms with Crippen LogP contribution < -0.4 is 4.74 Å². The quantitative estimate of drug-likeness (QED) is 0.794. The van der Waals surface area contributed by atoms with Crippen LogP contribution in [0.15, 0.2) is 34.5 Å². The molecule has 0 fully saturated rings. The number of aromatic nitrogens is 2. The Labute approximate surface area is 107 Å². The number of thiazole rings is 1. The van der Waals surface area contributed by atoms with Crippen LogP contribution in [0, 0.1) is 0 Å².